The fourth-order valence-corrected chi connectivity index (χ4v) is 5.99. The lowest BCUT2D eigenvalue weighted by atomic mass is 10.0. The first-order valence-electron chi connectivity index (χ1n) is 12.2. The fraction of sp³-hybridized carbons (Fsp3) is 0.296. The van der Waals surface area contributed by atoms with Gasteiger partial charge >= 0.3 is 0 Å². The van der Waals surface area contributed by atoms with Crippen LogP contribution in [0.25, 0.3) is 16.8 Å². The highest BCUT2D eigenvalue weighted by Gasteiger charge is 2.29. The van der Waals surface area contributed by atoms with Crippen molar-refractivity contribution in [2.24, 2.45) is 0 Å². The van der Waals surface area contributed by atoms with E-state index in [0.29, 0.717) is 41.3 Å². The van der Waals surface area contributed by atoms with Crippen molar-refractivity contribution in [2.45, 2.75) is 32.6 Å². The van der Waals surface area contributed by atoms with Crippen LogP contribution in [0.5, 0.6) is 11.5 Å². The van der Waals surface area contributed by atoms with Crippen molar-refractivity contribution >= 4 is 27.3 Å². The number of carbonyl (C=O) groups is 1. The minimum atomic E-state index is -3.87. The number of hydrogen-bond acceptors (Lipinski definition) is 7. The van der Waals surface area contributed by atoms with E-state index in [1.165, 1.54) is 17.5 Å². The number of nitrogens with zero attached hydrogens (tertiary/aromatic N) is 4. The maximum Gasteiger partial charge on any atom is 0.276 e. The molecular weight excluding hydrogens is 506 g/mol. The average Bonchev–Trinajstić information content (AvgIpc) is 3.29. The molecule has 1 N–H and O–H groups in total. The van der Waals surface area contributed by atoms with Crippen LogP contribution in [-0.4, -0.2) is 60.5 Å². The zero-order valence-electron chi connectivity index (χ0n) is 22.3. The first kappa shape index (κ1) is 27.1. The number of ether oxygens (including phenoxy) is 2. The van der Waals surface area contributed by atoms with Gasteiger partial charge in [0.05, 0.1) is 19.8 Å². The Hall–Kier alpha value is -3.96. The van der Waals surface area contributed by atoms with Crippen molar-refractivity contribution in [1.82, 2.24) is 18.9 Å². The van der Waals surface area contributed by atoms with E-state index in [1.807, 2.05) is 19.9 Å². The third kappa shape index (κ3) is 4.94. The summed E-state index contributed by atoms with van der Waals surface area (Å²) in [6.07, 6.45) is 0. The van der Waals surface area contributed by atoms with Gasteiger partial charge in [0.1, 0.15) is 16.4 Å². The average molecular weight is 538 g/mol. The highest BCUT2D eigenvalue weighted by atomic mass is 32.2. The number of methoxy groups -OCH3 is 2. The van der Waals surface area contributed by atoms with Crippen molar-refractivity contribution < 1.29 is 22.7 Å². The molecule has 0 radical (unpaired) electrons. The first-order valence-corrected chi connectivity index (χ1v) is 13.6. The minimum absolute atomic E-state index is 0.00596. The number of sulfonamides is 1. The van der Waals surface area contributed by atoms with Gasteiger partial charge in [-0.15, -0.1) is 0 Å². The van der Waals surface area contributed by atoms with Crippen LogP contribution in [0.3, 0.4) is 0 Å². The predicted octanol–water partition coefficient (Wildman–Crippen LogP) is 4.31. The predicted molar refractivity (Wildman–Crippen MR) is 146 cm³/mol. The number of fused-ring (bicyclic) bond motifs is 1. The Bertz CT molecular complexity index is 1590. The summed E-state index contributed by atoms with van der Waals surface area (Å²) in [6, 6.07) is 13.6. The number of carbonyl (C=O) groups excluding carboxylic acids is 1. The molecule has 0 fully saturated rings. The summed E-state index contributed by atoms with van der Waals surface area (Å²) in [5.41, 5.74) is 3.52. The van der Waals surface area contributed by atoms with Crippen LogP contribution in [0, 0.1) is 13.8 Å². The van der Waals surface area contributed by atoms with Gasteiger partial charge in [-0.2, -0.15) is 9.40 Å². The minimum Gasteiger partial charge on any atom is -0.497 e. The lowest BCUT2D eigenvalue weighted by molar-refractivity contribution is 0.102. The number of aromatic nitrogens is 3. The molecule has 2 aromatic heterocycles. The smallest absolute Gasteiger partial charge is 0.276 e. The Morgan fingerprint density at radius 2 is 1.68 bits per heavy atom. The van der Waals surface area contributed by atoms with E-state index in [1.54, 1.807) is 61.9 Å². The van der Waals surface area contributed by atoms with Crippen LogP contribution in [-0.2, 0) is 10.0 Å². The van der Waals surface area contributed by atoms with Crippen LogP contribution in [0.4, 0.5) is 5.69 Å². The number of hydrogen-bond donors (Lipinski definition) is 1. The molecule has 11 heteroatoms. The molecule has 0 saturated heterocycles. The van der Waals surface area contributed by atoms with Gasteiger partial charge in [0.2, 0.25) is 10.0 Å². The lowest BCUT2D eigenvalue weighted by Crippen LogP contribution is -2.30. The molecule has 0 spiro atoms. The number of amides is 1. The molecule has 0 unspecified atom stereocenters. The Balaban J connectivity index is 1.93. The van der Waals surface area contributed by atoms with Crippen molar-refractivity contribution in [2.75, 3.05) is 32.6 Å². The Kier molecular flexibility index (Phi) is 7.70. The number of rotatable bonds is 9. The first-order chi connectivity index (χ1) is 18.1. The molecule has 4 aromatic rings. The maximum atomic E-state index is 13.5. The zero-order valence-corrected chi connectivity index (χ0v) is 23.1. The summed E-state index contributed by atoms with van der Waals surface area (Å²) in [5, 5.41) is 7.46. The van der Waals surface area contributed by atoms with Crippen LogP contribution in [0.15, 0.2) is 53.4 Å². The molecule has 2 aromatic carbocycles. The zero-order chi connectivity index (χ0) is 27.6. The molecule has 2 heterocycles. The molecule has 0 aliphatic rings. The third-order valence-corrected chi connectivity index (χ3v) is 8.30. The number of nitrogens with one attached hydrogen (secondary N) is 1. The van der Waals surface area contributed by atoms with Gasteiger partial charge in [0, 0.05) is 30.2 Å². The summed E-state index contributed by atoms with van der Waals surface area (Å²) in [6.45, 7) is 7.88. The summed E-state index contributed by atoms with van der Waals surface area (Å²) < 4.78 is 40.6. The van der Waals surface area contributed by atoms with Gasteiger partial charge in [-0.3, -0.25) is 4.79 Å². The molecule has 10 nitrogen and oxygen atoms in total. The van der Waals surface area contributed by atoms with Gasteiger partial charge < -0.3 is 14.8 Å². The van der Waals surface area contributed by atoms with Gasteiger partial charge in [0.15, 0.2) is 11.3 Å². The van der Waals surface area contributed by atoms with Gasteiger partial charge in [0.25, 0.3) is 5.91 Å². The van der Waals surface area contributed by atoms with E-state index in [-0.39, 0.29) is 16.3 Å². The number of anilines is 1. The number of benzene rings is 2. The second-order valence-electron chi connectivity index (χ2n) is 8.64. The molecule has 4 rings (SSSR count). The van der Waals surface area contributed by atoms with E-state index >= 15 is 0 Å². The molecular formula is C27H31N5O5S. The summed E-state index contributed by atoms with van der Waals surface area (Å²) >= 11 is 0. The van der Waals surface area contributed by atoms with Gasteiger partial charge in [-0.05, 0) is 61.9 Å². The highest BCUT2D eigenvalue weighted by Crippen LogP contribution is 2.35. The van der Waals surface area contributed by atoms with Crippen LogP contribution >= 0.6 is 0 Å². The van der Waals surface area contributed by atoms with Crippen LogP contribution in [0.2, 0.25) is 0 Å². The molecule has 0 bridgehead atoms. The SMILES string of the molecule is CCN(CC)S(=O)(=O)c1cc(-c2c(C(=O)Nc3ccc(OC)cc3)nn3c(C)cc(C)nc23)ccc1OC. The van der Waals surface area contributed by atoms with E-state index in [0.717, 1.165) is 11.4 Å². The topological polar surface area (TPSA) is 115 Å². The molecule has 0 saturated carbocycles. The Labute approximate surface area is 222 Å². The normalized spacial score (nSPS) is 11.7. The molecule has 0 aliphatic carbocycles. The van der Waals surface area contributed by atoms with E-state index in [9.17, 15) is 13.2 Å². The highest BCUT2D eigenvalue weighted by molar-refractivity contribution is 7.89. The van der Waals surface area contributed by atoms with Gasteiger partial charge in [-0.25, -0.2) is 17.9 Å². The van der Waals surface area contributed by atoms with E-state index in [2.05, 4.69) is 15.4 Å². The quantitative estimate of drug-likeness (QED) is 0.338. The molecule has 1 amide bonds. The Morgan fingerprint density at radius 3 is 2.29 bits per heavy atom. The van der Waals surface area contributed by atoms with Crippen molar-refractivity contribution in [3.05, 3.63) is 65.6 Å². The van der Waals surface area contributed by atoms with Crippen LogP contribution < -0.4 is 14.8 Å². The largest absolute Gasteiger partial charge is 0.497 e. The van der Waals surface area contributed by atoms with E-state index in [4.69, 9.17) is 9.47 Å². The second kappa shape index (κ2) is 10.8. The Morgan fingerprint density at radius 1 is 1.00 bits per heavy atom. The monoisotopic (exact) mass is 537 g/mol. The summed E-state index contributed by atoms with van der Waals surface area (Å²) in [5.74, 6) is 0.408. The number of aryl methyl sites for hydroxylation is 2. The van der Waals surface area contributed by atoms with Crippen molar-refractivity contribution in [3.63, 3.8) is 0 Å². The standard InChI is InChI=1S/C27H31N5O5S/c1-7-31(8-2)38(34,35)23-16-19(9-14-22(23)37-6)24-25(30-32-18(4)15-17(3)28-26(24)32)27(33)29-20-10-12-21(36-5)13-11-20/h9-16H,7-8H2,1-6H3,(H,29,33). The summed E-state index contributed by atoms with van der Waals surface area (Å²) in [7, 11) is -0.876. The van der Waals surface area contributed by atoms with Crippen molar-refractivity contribution in [1.29, 1.82) is 0 Å². The fourth-order valence-electron chi connectivity index (χ4n) is 4.35. The molecule has 200 valence electrons. The van der Waals surface area contributed by atoms with E-state index < -0.39 is 15.9 Å². The molecule has 0 atom stereocenters. The summed E-state index contributed by atoms with van der Waals surface area (Å²) in [4.78, 5) is 18.2. The second-order valence-corrected chi connectivity index (χ2v) is 10.5. The van der Waals surface area contributed by atoms with Crippen LogP contribution in [0.1, 0.15) is 35.7 Å². The lowest BCUT2D eigenvalue weighted by Gasteiger charge is -2.20. The maximum absolute atomic E-state index is 13.5. The molecule has 38 heavy (non-hydrogen) atoms. The third-order valence-electron chi connectivity index (χ3n) is 6.23. The van der Waals surface area contributed by atoms with Gasteiger partial charge in [-0.1, -0.05) is 19.9 Å². The van der Waals surface area contributed by atoms with Crippen molar-refractivity contribution in [3.8, 4) is 22.6 Å². The molecule has 0 aliphatic heterocycles.